The second-order valence-electron chi connectivity index (χ2n) is 6.32. The number of aliphatic imine (C=N–C) groups is 1. The van der Waals surface area contributed by atoms with E-state index in [4.69, 9.17) is 10.5 Å². The second-order valence-corrected chi connectivity index (χ2v) is 6.32. The molecule has 0 aliphatic carbocycles. The van der Waals surface area contributed by atoms with Gasteiger partial charge in [-0.1, -0.05) is 13.8 Å². The third-order valence-corrected chi connectivity index (χ3v) is 2.98. The molecule has 0 aromatic heterocycles. The summed E-state index contributed by atoms with van der Waals surface area (Å²) in [5.41, 5.74) is 6.69. The van der Waals surface area contributed by atoms with Crippen LogP contribution in [0.4, 0.5) is 11.4 Å². The van der Waals surface area contributed by atoms with E-state index in [2.05, 4.69) is 10.3 Å². The van der Waals surface area contributed by atoms with E-state index < -0.39 is 16.4 Å². The summed E-state index contributed by atoms with van der Waals surface area (Å²) in [6.07, 6.45) is 0. The number of carbonyl (C=O) groups is 1. The highest BCUT2D eigenvalue weighted by atomic mass is 16.6. The maximum Gasteiger partial charge on any atom is 0.343 e. The van der Waals surface area contributed by atoms with Crippen LogP contribution in [0.3, 0.4) is 0 Å². The van der Waals surface area contributed by atoms with Crippen molar-refractivity contribution in [3.05, 3.63) is 45.6 Å². The zero-order valence-electron chi connectivity index (χ0n) is 17.1. The lowest BCUT2D eigenvalue weighted by Crippen LogP contribution is -2.29. The Morgan fingerprint density at radius 3 is 2.19 bits per heavy atom. The summed E-state index contributed by atoms with van der Waals surface area (Å²) in [4.78, 5) is 26.8. The number of nitrogens with two attached hydrogens (primary N) is 1. The van der Waals surface area contributed by atoms with E-state index in [1.807, 2.05) is 34.6 Å². The van der Waals surface area contributed by atoms with E-state index in [0.29, 0.717) is 11.4 Å². The number of anilines is 1. The highest BCUT2D eigenvalue weighted by Crippen LogP contribution is 2.19. The van der Waals surface area contributed by atoms with Gasteiger partial charge >= 0.3 is 5.97 Å². The van der Waals surface area contributed by atoms with E-state index >= 15 is 0 Å². The normalized spacial score (nSPS) is 12.3. The molecule has 0 spiro atoms. The fourth-order valence-corrected chi connectivity index (χ4v) is 2.02. The van der Waals surface area contributed by atoms with Gasteiger partial charge in [-0.2, -0.15) is 0 Å². The molecule has 0 saturated heterocycles. The van der Waals surface area contributed by atoms with Crippen molar-refractivity contribution in [1.82, 2.24) is 0 Å². The number of amidine groups is 1. The third-order valence-electron chi connectivity index (χ3n) is 2.98. The second kappa shape index (κ2) is 10.9. The van der Waals surface area contributed by atoms with Crippen molar-refractivity contribution in [3.8, 4) is 0 Å². The molecule has 0 heterocycles. The predicted octanol–water partition coefficient (Wildman–Crippen LogP) is 4.03. The zero-order chi connectivity index (χ0) is 21.2. The van der Waals surface area contributed by atoms with E-state index in [0.717, 1.165) is 0 Å². The van der Waals surface area contributed by atoms with Gasteiger partial charge in [-0.3, -0.25) is 15.1 Å². The first-order valence-corrected chi connectivity index (χ1v) is 8.80. The molecule has 0 fully saturated rings. The van der Waals surface area contributed by atoms with Crippen molar-refractivity contribution in [2.24, 2.45) is 10.7 Å². The van der Waals surface area contributed by atoms with Gasteiger partial charge < -0.3 is 15.8 Å². The maximum absolute atomic E-state index is 12.3. The number of carbonyl (C=O) groups excluding carboxylic acids is 1. The van der Waals surface area contributed by atoms with Crippen molar-refractivity contribution >= 4 is 23.2 Å². The van der Waals surface area contributed by atoms with Gasteiger partial charge in [-0.25, -0.2) is 4.79 Å². The zero-order valence-corrected chi connectivity index (χ0v) is 17.1. The topological polar surface area (TPSA) is 120 Å². The third kappa shape index (κ3) is 8.35. The molecular weight excluding hydrogens is 348 g/mol. The van der Waals surface area contributed by atoms with Crippen molar-refractivity contribution in [2.75, 3.05) is 11.9 Å². The van der Waals surface area contributed by atoms with E-state index in [9.17, 15) is 14.9 Å². The summed E-state index contributed by atoms with van der Waals surface area (Å²) in [5.74, 6) is -0.516. The lowest BCUT2D eigenvalue weighted by molar-refractivity contribution is -0.384. The Kier molecular flexibility index (Phi) is 9.77. The number of nitrogens with one attached hydrogen (secondary N) is 1. The summed E-state index contributed by atoms with van der Waals surface area (Å²) in [6, 6.07) is 5.82. The molecule has 0 amide bonds. The molecule has 8 nitrogen and oxygen atoms in total. The minimum absolute atomic E-state index is 0.0217. The van der Waals surface area contributed by atoms with Gasteiger partial charge in [0.05, 0.1) is 17.1 Å². The molecule has 0 radical (unpaired) electrons. The Bertz CT molecular complexity index is 701. The summed E-state index contributed by atoms with van der Waals surface area (Å²) >= 11 is 0. The predicted molar refractivity (Wildman–Crippen MR) is 109 cm³/mol. The number of esters is 1. The summed E-state index contributed by atoms with van der Waals surface area (Å²) in [6.45, 7) is 13.2. The van der Waals surface area contributed by atoms with Crippen LogP contribution < -0.4 is 11.1 Å². The minimum atomic E-state index is -0.583. The van der Waals surface area contributed by atoms with Gasteiger partial charge in [-0.05, 0) is 46.8 Å². The Balaban J connectivity index is 0.00000326. The Labute approximate surface area is 160 Å². The molecule has 1 aromatic rings. The van der Waals surface area contributed by atoms with Gasteiger partial charge in [0.2, 0.25) is 0 Å². The average Bonchev–Trinajstić information content (AvgIpc) is 2.55. The molecule has 150 valence electrons. The van der Waals surface area contributed by atoms with Gasteiger partial charge in [0.25, 0.3) is 5.69 Å². The molecule has 0 unspecified atom stereocenters. The summed E-state index contributed by atoms with van der Waals surface area (Å²) < 4.78 is 5.06. The number of nitro benzene ring substituents is 1. The van der Waals surface area contributed by atoms with Crippen LogP contribution in [-0.4, -0.2) is 28.9 Å². The van der Waals surface area contributed by atoms with Crippen LogP contribution in [-0.2, 0) is 9.53 Å². The van der Waals surface area contributed by atoms with Crippen LogP contribution in [0, 0.1) is 10.1 Å². The lowest BCUT2D eigenvalue weighted by Gasteiger charge is -2.17. The van der Waals surface area contributed by atoms with Crippen LogP contribution in [0.5, 0.6) is 0 Å². The highest BCUT2D eigenvalue weighted by Gasteiger charge is 2.21. The van der Waals surface area contributed by atoms with Crippen LogP contribution in [0.25, 0.3) is 0 Å². The average molecular weight is 378 g/mol. The number of benzene rings is 1. The first kappa shape index (κ1) is 24.1. The van der Waals surface area contributed by atoms with Crippen molar-refractivity contribution in [1.29, 1.82) is 0 Å². The standard InChI is InChI=1S/C17H24N4O4.C2H6/c1-6-25-16(22)14(15(18)20-17(3,4)5)11(2)19-12-7-9-13(10-8-12)21(23)24;1-2/h7-10,19H,6H2,1-5H3,(H2,18,20);1-2H3/b14-11+;. The highest BCUT2D eigenvalue weighted by molar-refractivity contribution is 6.19. The molecule has 1 rings (SSSR count). The van der Waals surface area contributed by atoms with Gasteiger partial charge in [0.1, 0.15) is 11.4 Å². The van der Waals surface area contributed by atoms with Crippen molar-refractivity contribution in [2.45, 2.75) is 54.0 Å². The van der Waals surface area contributed by atoms with Crippen molar-refractivity contribution in [3.63, 3.8) is 0 Å². The smallest absolute Gasteiger partial charge is 0.343 e. The summed E-state index contributed by atoms with van der Waals surface area (Å²) in [7, 11) is 0. The SMILES string of the molecule is CC.CCOC(=O)/C(C(N)=NC(C)(C)C)=C(\C)Nc1ccc([N+](=O)[O-])cc1. The fraction of sp³-hybridized carbons (Fsp3) is 0.474. The van der Waals surface area contributed by atoms with Crippen LogP contribution in [0.2, 0.25) is 0 Å². The first-order valence-electron chi connectivity index (χ1n) is 8.80. The lowest BCUT2D eigenvalue weighted by atomic mass is 10.1. The van der Waals surface area contributed by atoms with Gasteiger partial charge in [0.15, 0.2) is 0 Å². The Morgan fingerprint density at radius 2 is 1.78 bits per heavy atom. The molecule has 27 heavy (non-hydrogen) atoms. The van der Waals surface area contributed by atoms with E-state index in [1.54, 1.807) is 26.0 Å². The number of ether oxygens (including phenoxy) is 1. The summed E-state index contributed by atoms with van der Waals surface area (Å²) in [5, 5.41) is 13.7. The monoisotopic (exact) mass is 378 g/mol. The quantitative estimate of drug-likeness (QED) is 0.193. The first-order chi connectivity index (χ1) is 12.5. The van der Waals surface area contributed by atoms with Crippen LogP contribution >= 0.6 is 0 Å². The van der Waals surface area contributed by atoms with Crippen molar-refractivity contribution < 1.29 is 14.5 Å². The van der Waals surface area contributed by atoms with Gasteiger partial charge in [0, 0.05) is 23.5 Å². The van der Waals surface area contributed by atoms with E-state index in [-0.39, 0.29) is 23.7 Å². The number of allylic oxidation sites excluding steroid dienone is 1. The number of hydrogen-bond donors (Lipinski definition) is 2. The maximum atomic E-state index is 12.3. The fourth-order valence-electron chi connectivity index (χ4n) is 2.02. The molecule has 0 aliphatic rings. The molecule has 8 heteroatoms. The Hall–Kier alpha value is -2.90. The number of rotatable bonds is 6. The molecular formula is C19H30N4O4. The minimum Gasteiger partial charge on any atom is -0.462 e. The Morgan fingerprint density at radius 1 is 1.26 bits per heavy atom. The molecule has 0 aliphatic heterocycles. The number of nitro groups is 1. The number of hydrogen-bond acceptors (Lipinski definition) is 6. The molecule has 3 N–H and O–H groups in total. The number of nitrogens with zero attached hydrogens (tertiary/aromatic N) is 2. The number of non-ortho nitro benzene ring substituents is 1. The van der Waals surface area contributed by atoms with Crippen LogP contribution in [0.15, 0.2) is 40.5 Å². The molecule has 0 bridgehead atoms. The molecule has 1 aromatic carbocycles. The largest absolute Gasteiger partial charge is 0.462 e. The van der Waals surface area contributed by atoms with E-state index in [1.165, 1.54) is 12.1 Å². The molecule has 0 saturated carbocycles. The van der Waals surface area contributed by atoms with Gasteiger partial charge in [-0.15, -0.1) is 0 Å². The molecule has 0 atom stereocenters. The van der Waals surface area contributed by atoms with Crippen LogP contribution in [0.1, 0.15) is 48.5 Å².